The molecule has 0 unspecified atom stereocenters. The molecular formula is C23H28ClN3O4. The molecule has 3 rings (SSSR count). The van der Waals surface area contributed by atoms with Gasteiger partial charge in [-0.3, -0.25) is 14.5 Å². The minimum atomic E-state index is -0.312. The van der Waals surface area contributed by atoms with Gasteiger partial charge in [-0.25, -0.2) is 0 Å². The Balaban J connectivity index is 1.38. The van der Waals surface area contributed by atoms with Gasteiger partial charge in [0.1, 0.15) is 18.1 Å². The fourth-order valence-corrected chi connectivity index (χ4v) is 3.56. The molecule has 2 amide bonds. The second kappa shape index (κ2) is 11.6. The topological polar surface area (TPSA) is 71.1 Å². The van der Waals surface area contributed by atoms with Crippen LogP contribution in [0.4, 0.5) is 0 Å². The molecule has 1 aliphatic heterocycles. The number of hydrogen-bond donors (Lipinski definition) is 1. The first kappa shape index (κ1) is 22.9. The molecule has 166 valence electrons. The van der Waals surface area contributed by atoms with E-state index in [-0.39, 0.29) is 18.4 Å². The standard InChI is InChI=1S/C23H28ClN3O4/c1-2-30-20-9-5-3-7-18(20)23(29)25-17-22(28)27-13-11-26(12-14-27)15-16-31-21-10-6-4-8-19(21)24/h3-10H,2,11-17H2,1H3,(H,25,29). The number of halogens is 1. The number of carbonyl (C=O) groups is 2. The van der Waals surface area contributed by atoms with Crippen molar-refractivity contribution < 1.29 is 19.1 Å². The highest BCUT2D eigenvalue weighted by atomic mass is 35.5. The molecule has 1 fully saturated rings. The van der Waals surface area contributed by atoms with E-state index in [1.165, 1.54) is 0 Å². The largest absolute Gasteiger partial charge is 0.493 e. The number of piperazine rings is 1. The molecule has 0 saturated carbocycles. The Morgan fingerprint density at radius 2 is 1.65 bits per heavy atom. The molecule has 8 heteroatoms. The van der Waals surface area contributed by atoms with Crippen LogP contribution in [0.1, 0.15) is 17.3 Å². The van der Waals surface area contributed by atoms with Crippen LogP contribution in [0.3, 0.4) is 0 Å². The highest BCUT2D eigenvalue weighted by Gasteiger charge is 2.22. The molecule has 0 radical (unpaired) electrons. The Kier molecular flexibility index (Phi) is 8.55. The van der Waals surface area contributed by atoms with Gasteiger partial charge in [-0.15, -0.1) is 0 Å². The van der Waals surface area contributed by atoms with Crippen molar-refractivity contribution in [2.24, 2.45) is 0 Å². The van der Waals surface area contributed by atoms with Crippen molar-refractivity contribution in [2.45, 2.75) is 6.92 Å². The van der Waals surface area contributed by atoms with E-state index in [4.69, 9.17) is 21.1 Å². The number of para-hydroxylation sites is 2. The van der Waals surface area contributed by atoms with Crippen molar-refractivity contribution in [3.05, 3.63) is 59.1 Å². The van der Waals surface area contributed by atoms with Crippen LogP contribution in [0.25, 0.3) is 0 Å². The first-order valence-corrected chi connectivity index (χ1v) is 10.8. The lowest BCUT2D eigenvalue weighted by atomic mass is 10.2. The Labute approximate surface area is 187 Å². The molecule has 1 heterocycles. The molecule has 2 aromatic rings. The predicted molar refractivity (Wildman–Crippen MR) is 120 cm³/mol. The maximum Gasteiger partial charge on any atom is 0.255 e. The molecule has 1 N–H and O–H groups in total. The van der Waals surface area contributed by atoms with Crippen LogP contribution in [0.5, 0.6) is 11.5 Å². The molecule has 1 aliphatic rings. The van der Waals surface area contributed by atoms with E-state index in [1.807, 2.05) is 31.2 Å². The van der Waals surface area contributed by atoms with Gasteiger partial charge in [0.05, 0.1) is 23.7 Å². The van der Waals surface area contributed by atoms with Gasteiger partial charge in [-0.05, 0) is 31.2 Å². The molecule has 2 aromatic carbocycles. The van der Waals surface area contributed by atoms with Crippen molar-refractivity contribution >= 4 is 23.4 Å². The summed E-state index contributed by atoms with van der Waals surface area (Å²) in [7, 11) is 0. The maximum atomic E-state index is 12.5. The van der Waals surface area contributed by atoms with E-state index in [2.05, 4.69) is 10.2 Å². The van der Waals surface area contributed by atoms with Gasteiger partial charge in [0.25, 0.3) is 5.91 Å². The van der Waals surface area contributed by atoms with Crippen molar-refractivity contribution in [2.75, 3.05) is 52.5 Å². The lowest BCUT2D eigenvalue weighted by Gasteiger charge is -2.34. The van der Waals surface area contributed by atoms with Crippen molar-refractivity contribution in [3.63, 3.8) is 0 Å². The van der Waals surface area contributed by atoms with E-state index in [9.17, 15) is 9.59 Å². The summed E-state index contributed by atoms with van der Waals surface area (Å²) in [6.07, 6.45) is 0. The lowest BCUT2D eigenvalue weighted by Crippen LogP contribution is -2.51. The number of hydrogen-bond acceptors (Lipinski definition) is 5. The number of nitrogens with zero attached hydrogens (tertiary/aromatic N) is 2. The van der Waals surface area contributed by atoms with E-state index in [0.29, 0.717) is 48.4 Å². The summed E-state index contributed by atoms with van der Waals surface area (Å²) in [4.78, 5) is 29.0. The van der Waals surface area contributed by atoms with Crippen LogP contribution < -0.4 is 14.8 Å². The van der Waals surface area contributed by atoms with Gasteiger partial charge in [0.2, 0.25) is 5.91 Å². The lowest BCUT2D eigenvalue weighted by molar-refractivity contribution is -0.131. The summed E-state index contributed by atoms with van der Waals surface area (Å²) < 4.78 is 11.2. The second-order valence-corrected chi connectivity index (χ2v) is 7.52. The summed E-state index contributed by atoms with van der Waals surface area (Å²) in [5.41, 5.74) is 0.431. The zero-order valence-electron chi connectivity index (χ0n) is 17.7. The highest BCUT2D eigenvalue weighted by Crippen LogP contribution is 2.23. The number of benzene rings is 2. The van der Waals surface area contributed by atoms with Crippen LogP contribution in [0, 0.1) is 0 Å². The van der Waals surface area contributed by atoms with Gasteiger partial charge in [0.15, 0.2) is 0 Å². The molecule has 0 aliphatic carbocycles. The van der Waals surface area contributed by atoms with Crippen molar-refractivity contribution in [3.8, 4) is 11.5 Å². The Morgan fingerprint density at radius 1 is 0.968 bits per heavy atom. The van der Waals surface area contributed by atoms with Gasteiger partial charge >= 0.3 is 0 Å². The minimum absolute atomic E-state index is 0.0328. The zero-order chi connectivity index (χ0) is 22.1. The van der Waals surface area contributed by atoms with Crippen LogP contribution >= 0.6 is 11.6 Å². The number of nitrogens with one attached hydrogen (secondary N) is 1. The quantitative estimate of drug-likeness (QED) is 0.642. The molecule has 0 spiro atoms. The van der Waals surface area contributed by atoms with Crippen molar-refractivity contribution in [1.29, 1.82) is 0 Å². The Hall–Kier alpha value is -2.77. The average molecular weight is 446 g/mol. The normalized spacial score (nSPS) is 14.2. The molecule has 0 bridgehead atoms. The Morgan fingerprint density at radius 3 is 2.35 bits per heavy atom. The number of amides is 2. The SMILES string of the molecule is CCOc1ccccc1C(=O)NCC(=O)N1CCN(CCOc2ccccc2Cl)CC1. The second-order valence-electron chi connectivity index (χ2n) is 7.11. The highest BCUT2D eigenvalue weighted by molar-refractivity contribution is 6.32. The summed E-state index contributed by atoms with van der Waals surface area (Å²) >= 11 is 6.10. The van der Waals surface area contributed by atoms with Gasteiger partial charge < -0.3 is 19.7 Å². The zero-order valence-corrected chi connectivity index (χ0v) is 18.4. The minimum Gasteiger partial charge on any atom is -0.493 e. The molecule has 7 nitrogen and oxygen atoms in total. The monoisotopic (exact) mass is 445 g/mol. The van der Waals surface area contributed by atoms with E-state index in [0.717, 1.165) is 19.6 Å². The number of rotatable bonds is 9. The molecule has 0 aromatic heterocycles. The smallest absolute Gasteiger partial charge is 0.255 e. The van der Waals surface area contributed by atoms with Crippen molar-refractivity contribution in [1.82, 2.24) is 15.1 Å². The average Bonchev–Trinajstić information content (AvgIpc) is 2.79. The summed E-state index contributed by atoms with van der Waals surface area (Å²) in [5.74, 6) is 0.796. The molecular weight excluding hydrogens is 418 g/mol. The molecule has 1 saturated heterocycles. The summed E-state index contributed by atoms with van der Waals surface area (Å²) in [6, 6.07) is 14.4. The van der Waals surface area contributed by atoms with Crippen LogP contribution in [-0.4, -0.2) is 74.1 Å². The number of ether oxygens (including phenoxy) is 2. The van der Waals surface area contributed by atoms with Crippen LogP contribution in [0.2, 0.25) is 5.02 Å². The summed E-state index contributed by atoms with van der Waals surface area (Å²) in [5, 5.41) is 3.31. The summed E-state index contributed by atoms with van der Waals surface area (Å²) in [6.45, 7) is 6.36. The van der Waals surface area contributed by atoms with Gasteiger partial charge in [0, 0.05) is 32.7 Å². The third-order valence-corrected chi connectivity index (χ3v) is 5.37. The predicted octanol–water partition coefficient (Wildman–Crippen LogP) is 2.69. The first-order chi connectivity index (χ1) is 15.1. The van der Waals surface area contributed by atoms with Crippen LogP contribution in [0.15, 0.2) is 48.5 Å². The number of carbonyl (C=O) groups excluding carboxylic acids is 2. The third-order valence-electron chi connectivity index (χ3n) is 5.06. The fraction of sp³-hybridized carbons (Fsp3) is 0.391. The van der Waals surface area contributed by atoms with E-state index >= 15 is 0 Å². The van der Waals surface area contributed by atoms with E-state index in [1.54, 1.807) is 29.2 Å². The third kappa shape index (κ3) is 6.60. The Bertz CT molecular complexity index is 885. The van der Waals surface area contributed by atoms with Gasteiger partial charge in [-0.1, -0.05) is 35.9 Å². The molecule has 0 atom stereocenters. The van der Waals surface area contributed by atoms with E-state index < -0.39 is 0 Å². The van der Waals surface area contributed by atoms with Crippen LogP contribution in [-0.2, 0) is 4.79 Å². The first-order valence-electron chi connectivity index (χ1n) is 10.5. The maximum absolute atomic E-state index is 12.5. The van der Waals surface area contributed by atoms with Gasteiger partial charge in [-0.2, -0.15) is 0 Å². The molecule has 31 heavy (non-hydrogen) atoms. The fourth-order valence-electron chi connectivity index (χ4n) is 3.37.